The Morgan fingerprint density at radius 3 is 2.68 bits per heavy atom. The largest absolute Gasteiger partial charge is 0.393 e. The van der Waals surface area contributed by atoms with Gasteiger partial charge in [-0.25, -0.2) is 0 Å². The predicted octanol–water partition coefficient (Wildman–Crippen LogP) is 3.26. The van der Waals surface area contributed by atoms with Crippen molar-refractivity contribution in [2.24, 2.45) is 7.05 Å². The van der Waals surface area contributed by atoms with Gasteiger partial charge in [0.1, 0.15) is 0 Å². The minimum Gasteiger partial charge on any atom is -0.393 e. The van der Waals surface area contributed by atoms with Crippen LogP contribution < -0.4 is 0 Å². The summed E-state index contributed by atoms with van der Waals surface area (Å²) in [4.78, 5) is 0. The van der Waals surface area contributed by atoms with Gasteiger partial charge in [0, 0.05) is 13.2 Å². The Labute approximate surface area is 122 Å². The molecule has 0 aliphatic rings. The first-order valence-corrected chi connectivity index (χ1v) is 6.89. The van der Waals surface area contributed by atoms with Crippen molar-refractivity contribution >= 4 is 23.2 Å². The average molecular weight is 299 g/mol. The van der Waals surface area contributed by atoms with Crippen LogP contribution in [0.25, 0.3) is 0 Å². The molecule has 1 N–H and O–H groups in total. The number of aryl methyl sites for hydroxylation is 2. The van der Waals surface area contributed by atoms with Gasteiger partial charge >= 0.3 is 0 Å². The van der Waals surface area contributed by atoms with Crippen LogP contribution in [0.4, 0.5) is 0 Å². The maximum atomic E-state index is 10.0. The second-order valence-corrected chi connectivity index (χ2v) is 5.48. The summed E-state index contributed by atoms with van der Waals surface area (Å²) in [7, 11) is 1.88. The highest BCUT2D eigenvalue weighted by atomic mass is 35.5. The van der Waals surface area contributed by atoms with E-state index in [0.29, 0.717) is 22.9 Å². The van der Waals surface area contributed by atoms with Gasteiger partial charge in [0.05, 0.1) is 22.3 Å². The van der Waals surface area contributed by atoms with Crippen LogP contribution in [0.2, 0.25) is 10.0 Å². The molecule has 0 aliphatic heterocycles. The van der Waals surface area contributed by atoms with E-state index < -0.39 is 6.10 Å². The average Bonchev–Trinajstić information content (AvgIpc) is 2.77. The number of halogens is 2. The van der Waals surface area contributed by atoms with Crippen molar-refractivity contribution in [2.75, 3.05) is 0 Å². The summed E-state index contributed by atoms with van der Waals surface area (Å²) in [6.07, 6.45) is 5.49. The van der Waals surface area contributed by atoms with Gasteiger partial charge < -0.3 is 5.11 Å². The monoisotopic (exact) mass is 298 g/mol. The van der Waals surface area contributed by atoms with E-state index in [-0.39, 0.29) is 0 Å². The summed E-state index contributed by atoms with van der Waals surface area (Å²) in [5, 5.41) is 15.2. The molecular weight excluding hydrogens is 283 g/mol. The zero-order valence-corrected chi connectivity index (χ0v) is 12.2. The highest BCUT2D eigenvalue weighted by Crippen LogP contribution is 2.23. The maximum absolute atomic E-state index is 10.0. The lowest BCUT2D eigenvalue weighted by molar-refractivity contribution is 0.165. The topological polar surface area (TPSA) is 38.0 Å². The van der Waals surface area contributed by atoms with Gasteiger partial charge in [0.25, 0.3) is 0 Å². The van der Waals surface area contributed by atoms with E-state index in [0.717, 1.165) is 17.5 Å². The second kappa shape index (κ2) is 6.42. The van der Waals surface area contributed by atoms with E-state index >= 15 is 0 Å². The third kappa shape index (κ3) is 4.23. The lowest BCUT2D eigenvalue weighted by atomic mass is 10.0. The molecule has 0 bridgehead atoms. The second-order valence-electron chi connectivity index (χ2n) is 4.67. The number of aromatic nitrogens is 2. The SMILES string of the molecule is Cn1cc(CCC(O)Cc2ccc(Cl)c(Cl)c2)cn1. The first-order chi connectivity index (χ1) is 9.04. The molecule has 102 valence electrons. The Morgan fingerprint density at radius 2 is 2.05 bits per heavy atom. The molecule has 3 nitrogen and oxygen atoms in total. The fraction of sp³-hybridized carbons (Fsp3) is 0.357. The van der Waals surface area contributed by atoms with Gasteiger partial charge in [-0.3, -0.25) is 4.68 Å². The minimum absolute atomic E-state index is 0.391. The third-order valence-electron chi connectivity index (χ3n) is 2.98. The van der Waals surface area contributed by atoms with Crippen molar-refractivity contribution in [3.8, 4) is 0 Å². The van der Waals surface area contributed by atoms with Crippen LogP contribution in [0.1, 0.15) is 17.5 Å². The van der Waals surface area contributed by atoms with Gasteiger partial charge in [-0.15, -0.1) is 0 Å². The molecule has 2 aromatic rings. The molecule has 0 amide bonds. The van der Waals surface area contributed by atoms with E-state index in [4.69, 9.17) is 23.2 Å². The first kappa shape index (κ1) is 14.4. The van der Waals surface area contributed by atoms with Crippen LogP contribution in [0.15, 0.2) is 30.6 Å². The van der Waals surface area contributed by atoms with Crippen molar-refractivity contribution in [1.82, 2.24) is 9.78 Å². The molecule has 2 rings (SSSR count). The molecule has 1 unspecified atom stereocenters. The molecule has 0 fully saturated rings. The summed E-state index contributed by atoms with van der Waals surface area (Å²) in [5.74, 6) is 0. The molecule has 0 aliphatic carbocycles. The van der Waals surface area contributed by atoms with Gasteiger partial charge in [-0.05, 0) is 42.5 Å². The molecule has 0 saturated heterocycles. The molecule has 5 heteroatoms. The first-order valence-electron chi connectivity index (χ1n) is 6.14. The summed E-state index contributed by atoms with van der Waals surface area (Å²) in [6.45, 7) is 0. The van der Waals surface area contributed by atoms with Crippen molar-refractivity contribution < 1.29 is 5.11 Å². The number of hydrogen-bond donors (Lipinski definition) is 1. The highest BCUT2D eigenvalue weighted by molar-refractivity contribution is 6.42. The standard InChI is InChI=1S/C14H16Cl2N2O/c1-18-9-11(8-17-18)2-4-12(19)6-10-3-5-13(15)14(16)7-10/h3,5,7-9,12,19H,2,4,6H2,1H3. The molecule has 0 radical (unpaired) electrons. The van der Waals surface area contributed by atoms with Gasteiger partial charge in [0.2, 0.25) is 0 Å². The van der Waals surface area contributed by atoms with E-state index in [2.05, 4.69) is 5.10 Å². The van der Waals surface area contributed by atoms with Crippen molar-refractivity contribution in [1.29, 1.82) is 0 Å². The van der Waals surface area contributed by atoms with Crippen molar-refractivity contribution in [3.63, 3.8) is 0 Å². The Hall–Kier alpha value is -1.03. The fourth-order valence-electron chi connectivity index (χ4n) is 1.97. The van der Waals surface area contributed by atoms with Gasteiger partial charge in [0.15, 0.2) is 0 Å². The molecule has 19 heavy (non-hydrogen) atoms. The van der Waals surface area contributed by atoms with Crippen LogP contribution in [0, 0.1) is 0 Å². The lowest BCUT2D eigenvalue weighted by Crippen LogP contribution is -2.11. The zero-order valence-electron chi connectivity index (χ0n) is 10.7. The smallest absolute Gasteiger partial charge is 0.0595 e. The molecule has 0 saturated carbocycles. The molecule has 0 spiro atoms. The fourth-order valence-corrected chi connectivity index (χ4v) is 2.30. The Balaban J connectivity index is 1.86. The quantitative estimate of drug-likeness (QED) is 0.920. The number of rotatable bonds is 5. The number of nitrogens with zero attached hydrogens (tertiary/aromatic N) is 2. The molecule has 1 aromatic heterocycles. The van der Waals surface area contributed by atoms with E-state index in [9.17, 15) is 5.11 Å². The van der Waals surface area contributed by atoms with E-state index in [1.54, 1.807) is 16.8 Å². The van der Waals surface area contributed by atoms with E-state index in [1.807, 2.05) is 25.5 Å². The summed E-state index contributed by atoms with van der Waals surface area (Å²) < 4.78 is 1.76. The molecule has 1 aromatic carbocycles. The van der Waals surface area contributed by atoms with E-state index in [1.165, 1.54) is 0 Å². The van der Waals surface area contributed by atoms with Crippen LogP contribution in [-0.2, 0) is 19.9 Å². The number of benzene rings is 1. The van der Waals surface area contributed by atoms with Crippen molar-refractivity contribution in [2.45, 2.75) is 25.4 Å². The summed E-state index contributed by atoms with van der Waals surface area (Å²) in [5.41, 5.74) is 2.13. The Kier molecular flexibility index (Phi) is 4.86. The lowest BCUT2D eigenvalue weighted by Gasteiger charge is -2.10. The van der Waals surface area contributed by atoms with Crippen LogP contribution in [0.3, 0.4) is 0 Å². The Morgan fingerprint density at radius 1 is 1.26 bits per heavy atom. The Bertz CT molecular complexity index is 554. The number of aliphatic hydroxyl groups is 1. The third-order valence-corrected chi connectivity index (χ3v) is 3.72. The van der Waals surface area contributed by atoms with Gasteiger partial charge in [-0.2, -0.15) is 5.10 Å². The predicted molar refractivity (Wildman–Crippen MR) is 77.7 cm³/mol. The summed E-state index contributed by atoms with van der Waals surface area (Å²) in [6, 6.07) is 5.45. The minimum atomic E-state index is -0.391. The molecule has 1 atom stereocenters. The van der Waals surface area contributed by atoms with Gasteiger partial charge in [-0.1, -0.05) is 29.3 Å². The zero-order chi connectivity index (χ0) is 13.8. The van der Waals surface area contributed by atoms with Crippen molar-refractivity contribution in [3.05, 3.63) is 51.8 Å². The maximum Gasteiger partial charge on any atom is 0.0595 e. The summed E-state index contributed by atoms with van der Waals surface area (Å²) >= 11 is 11.8. The molecule has 1 heterocycles. The van der Waals surface area contributed by atoms with Crippen LogP contribution in [0.5, 0.6) is 0 Å². The highest BCUT2D eigenvalue weighted by Gasteiger charge is 2.08. The number of hydrogen-bond acceptors (Lipinski definition) is 2. The normalized spacial score (nSPS) is 12.6. The number of aliphatic hydroxyl groups excluding tert-OH is 1. The van der Waals surface area contributed by atoms with Crippen LogP contribution >= 0.6 is 23.2 Å². The van der Waals surface area contributed by atoms with Crippen LogP contribution in [-0.4, -0.2) is 21.0 Å². The molecular formula is C14H16Cl2N2O.